The van der Waals surface area contributed by atoms with Crippen LogP contribution in [-0.2, 0) is 10.0 Å². The van der Waals surface area contributed by atoms with Crippen molar-refractivity contribution in [2.24, 2.45) is 11.3 Å². The van der Waals surface area contributed by atoms with Gasteiger partial charge in [0.15, 0.2) is 5.03 Å². The van der Waals surface area contributed by atoms with Gasteiger partial charge in [-0.1, -0.05) is 13.8 Å². The van der Waals surface area contributed by atoms with Crippen LogP contribution in [0.1, 0.15) is 33.6 Å². The Morgan fingerprint density at radius 2 is 2.10 bits per heavy atom. The summed E-state index contributed by atoms with van der Waals surface area (Å²) in [5.41, 5.74) is 0.692. The Balaban J connectivity index is 2.15. The summed E-state index contributed by atoms with van der Waals surface area (Å²) in [7, 11) is -3.56. The number of hydrogen-bond acceptors (Lipinski definition) is 4. The zero-order valence-electron chi connectivity index (χ0n) is 12.3. The molecule has 1 aliphatic rings. The second-order valence-electron chi connectivity index (χ2n) is 5.73. The van der Waals surface area contributed by atoms with Gasteiger partial charge in [-0.3, -0.25) is 0 Å². The van der Waals surface area contributed by atoms with Crippen molar-refractivity contribution in [1.29, 1.82) is 0 Å². The molecule has 112 valence electrons. The van der Waals surface area contributed by atoms with E-state index in [1.165, 1.54) is 6.20 Å². The van der Waals surface area contributed by atoms with Crippen LogP contribution in [0.2, 0.25) is 0 Å². The lowest BCUT2D eigenvalue weighted by Gasteiger charge is -2.20. The third-order valence-electron chi connectivity index (χ3n) is 4.12. The predicted molar refractivity (Wildman–Crippen MR) is 80.1 cm³/mol. The van der Waals surface area contributed by atoms with E-state index in [4.69, 9.17) is 0 Å². The molecule has 0 saturated heterocycles. The fraction of sp³-hybridized carbons (Fsp3) is 0.643. The molecule has 0 aromatic carbocycles. The zero-order valence-corrected chi connectivity index (χ0v) is 13.1. The lowest BCUT2D eigenvalue weighted by molar-refractivity contribution is 0.357. The molecule has 20 heavy (non-hydrogen) atoms. The first-order chi connectivity index (χ1) is 9.41. The average Bonchev–Trinajstić information content (AvgIpc) is 3.19. The first-order valence-corrected chi connectivity index (χ1v) is 8.58. The van der Waals surface area contributed by atoms with E-state index < -0.39 is 10.0 Å². The molecule has 2 rings (SSSR count). The Labute approximate surface area is 121 Å². The van der Waals surface area contributed by atoms with Crippen LogP contribution in [0.3, 0.4) is 0 Å². The molecule has 0 bridgehead atoms. The van der Waals surface area contributed by atoms with Crippen molar-refractivity contribution in [1.82, 2.24) is 9.71 Å². The molecule has 6 heteroatoms. The normalized spacial score (nSPS) is 17.2. The molecule has 0 amide bonds. The van der Waals surface area contributed by atoms with E-state index in [0.29, 0.717) is 24.7 Å². The molecule has 0 spiro atoms. The monoisotopic (exact) mass is 297 g/mol. The number of hydrogen-bond donors (Lipinski definition) is 2. The number of rotatable bonds is 7. The second kappa shape index (κ2) is 5.69. The lowest BCUT2D eigenvalue weighted by atomic mass is 9.93. The second-order valence-corrected chi connectivity index (χ2v) is 7.41. The van der Waals surface area contributed by atoms with Crippen molar-refractivity contribution < 1.29 is 8.42 Å². The SMILES string of the molecule is CCNc1cccnc1S(=O)(=O)NCC1(C(C)C)CC1. The largest absolute Gasteiger partial charge is 0.383 e. The van der Waals surface area contributed by atoms with Gasteiger partial charge in [0.25, 0.3) is 10.0 Å². The Hall–Kier alpha value is -1.14. The molecule has 1 aromatic rings. The van der Waals surface area contributed by atoms with E-state index >= 15 is 0 Å². The highest BCUT2D eigenvalue weighted by Crippen LogP contribution is 2.51. The van der Waals surface area contributed by atoms with Gasteiger partial charge in [-0.15, -0.1) is 0 Å². The number of pyridine rings is 1. The average molecular weight is 297 g/mol. The zero-order chi connectivity index (χ0) is 14.8. The van der Waals surface area contributed by atoms with E-state index in [1.54, 1.807) is 12.1 Å². The third-order valence-corrected chi connectivity index (χ3v) is 5.48. The number of nitrogens with one attached hydrogen (secondary N) is 2. The van der Waals surface area contributed by atoms with Gasteiger partial charge in [0.05, 0.1) is 5.69 Å². The molecular formula is C14H23N3O2S. The molecule has 1 aliphatic carbocycles. The number of sulfonamides is 1. The summed E-state index contributed by atoms with van der Waals surface area (Å²) in [5.74, 6) is 0.488. The first kappa shape index (κ1) is 15.3. The van der Waals surface area contributed by atoms with Crippen LogP contribution in [0.25, 0.3) is 0 Å². The molecule has 0 aliphatic heterocycles. The molecule has 0 unspecified atom stereocenters. The number of aromatic nitrogens is 1. The van der Waals surface area contributed by atoms with Crippen molar-refractivity contribution >= 4 is 15.7 Å². The molecule has 0 radical (unpaired) electrons. The van der Waals surface area contributed by atoms with Crippen molar-refractivity contribution in [3.05, 3.63) is 18.3 Å². The van der Waals surface area contributed by atoms with Gasteiger partial charge < -0.3 is 5.32 Å². The van der Waals surface area contributed by atoms with Crippen molar-refractivity contribution in [2.45, 2.75) is 38.6 Å². The molecule has 0 atom stereocenters. The number of nitrogens with zero attached hydrogens (tertiary/aromatic N) is 1. The van der Waals surface area contributed by atoms with Crippen LogP contribution < -0.4 is 10.0 Å². The third kappa shape index (κ3) is 3.12. The molecule has 1 fully saturated rings. The van der Waals surface area contributed by atoms with Gasteiger partial charge in [0.1, 0.15) is 0 Å². The first-order valence-electron chi connectivity index (χ1n) is 7.10. The maximum atomic E-state index is 12.4. The van der Waals surface area contributed by atoms with E-state index in [2.05, 4.69) is 28.9 Å². The molecular weight excluding hydrogens is 274 g/mol. The van der Waals surface area contributed by atoms with E-state index in [-0.39, 0.29) is 10.4 Å². The molecule has 5 nitrogen and oxygen atoms in total. The van der Waals surface area contributed by atoms with Crippen LogP contribution in [-0.4, -0.2) is 26.5 Å². The highest BCUT2D eigenvalue weighted by Gasteiger charge is 2.45. The Morgan fingerprint density at radius 3 is 2.65 bits per heavy atom. The van der Waals surface area contributed by atoms with Gasteiger partial charge in [-0.25, -0.2) is 18.1 Å². The minimum Gasteiger partial charge on any atom is -0.383 e. The summed E-state index contributed by atoms with van der Waals surface area (Å²) in [6, 6.07) is 3.47. The Kier molecular flexibility index (Phi) is 4.34. The molecule has 1 saturated carbocycles. The van der Waals surface area contributed by atoms with Gasteiger partial charge in [-0.05, 0) is 43.2 Å². The van der Waals surface area contributed by atoms with E-state index in [0.717, 1.165) is 12.8 Å². The van der Waals surface area contributed by atoms with Crippen molar-refractivity contribution in [2.75, 3.05) is 18.4 Å². The summed E-state index contributed by atoms with van der Waals surface area (Å²) in [4.78, 5) is 4.02. The smallest absolute Gasteiger partial charge is 0.260 e. The van der Waals surface area contributed by atoms with Gasteiger partial charge >= 0.3 is 0 Å². The summed E-state index contributed by atoms with van der Waals surface area (Å²) < 4.78 is 27.6. The van der Waals surface area contributed by atoms with Crippen molar-refractivity contribution in [3.8, 4) is 0 Å². The van der Waals surface area contributed by atoms with E-state index in [1.807, 2.05) is 6.92 Å². The summed E-state index contributed by atoms with van der Waals surface area (Å²) in [6.07, 6.45) is 3.69. The van der Waals surface area contributed by atoms with Gasteiger partial charge in [0, 0.05) is 19.3 Å². The maximum Gasteiger partial charge on any atom is 0.260 e. The van der Waals surface area contributed by atoms with Gasteiger partial charge in [-0.2, -0.15) is 0 Å². The molecule has 1 aromatic heterocycles. The quantitative estimate of drug-likeness (QED) is 0.809. The minimum absolute atomic E-state index is 0.0846. The summed E-state index contributed by atoms with van der Waals surface area (Å²) in [6.45, 7) is 7.37. The summed E-state index contributed by atoms with van der Waals surface area (Å²) in [5, 5.41) is 3.12. The van der Waals surface area contributed by atoms with Gasteiger partial charge in [0.2, 0.25) is 0 Å². The van der Waals surface area contributed by atoms with E-state index in [9.17, 15) is 8.42 Å². The number of anilines is 1. The van der Waals surface area contributed by atoms with Crippen molar-refractivity contribution in [3.63, 3.8) is 0 Å². The maximum absolute atomic E-state index is 12.4. The highest BCUT2D eigenvalue weighted by molar-refractivity contribution is 7.89. The van der Waals surface area contributed by atoms with Crippen LogP contribution in [0.4, 0.5) is 5.69 Å². The lowest BCUT2D eigenvalue weighted by Crippen LogP contribution is -2.33. The summed E-state index contributed by atoms with van der Waals surface area (Å²) >= 11 is 0. The topological polar surface area (TPSA) is 71.1 Å². The Morgan fingerprint density at radius 1 is 1.40 bits per heavy atom. The highest BCUT2D eigenvalue weighted by atomic mass is 32.2. The minimum atomic E-state index is -3.56. The Bertz CT molecular complexity index is 566. The fourth-order valence-corrected chi connectivity index (χ4v) is 3.60. The molecule has 1 heterocycles. The van der Waals surface area contributed by atoms with Crippen LogP contribution in [0.5, 0.6) is 0 Å². The predicted octanol–water partition coefficient (Wildman–Crippen LogP) is 2.23. The van der Waals surface area contributed by atoms with Crippen LogP contribution in [0.15, 0.2) is 23.4 Å². The van der Waals surface area contributed by atoms with Crippen LogP contribution >= 0.6 is 0 Å². The van der Waals surface area contributed by atoms with Crippen LogP contribution in [0, 0.1) is 11.3 Å². The fourth-order valence-electron chi connectivity index (χ4n) is 2.36. The molecule has 2 N–H and O–H groups in total. The standard InChI is InChI=1S/C14H23N3O2S/c1-4-15-12-6-5-9-16-13(12)20(18,19)17-10-14(7-8-14)11(2)3/h5-6,9,11,15,17H,4,7-8,10H2,1-3H3.